The van der Waals surface area contributed by atoms with Gasteiger partial charge in [-0.05, 0) is 28.8 Å². The molecule has 1 atom stereocenters. The Balaban J connectivity index is 2.33. The molecule has 19 heavy (non-hydrogen) atoms. The minimum Gasteiger partial charge on any atom is -0.480 e. The molecular weight excluding hydrogens is 250 g/mol. The summed E-state index contributed by atoms with van der Waals surface area (Å²) in [6.45, 7) is 1.88. The molecule has 0 saturated heterocycles. The van der Waals surface area contributed by atoms with Gasteiger partial charge < -0.3 is 5.11 Å². The molecule has 0 aromatic heterocycles. The summed E-state index contributed by atoms with van der Waals surface area (Å²) < 4.78 is 27.3. The van der Waals surface area contributed by atoms with Crippen LogP contribution in [0.15, 0.2) is 36.4 Å². The minimum atomic E-state index is -3.17. The third-order valence-corrected chi connectivity index (χ3v) is 3.95. The highest BCUT2D eigenvalue weighted by molar-refractivity contribution is 5.97. The van der Waals surface area contributed by atoms with Crippen LogP contribution in [-0.2, 0) is 10.2 Å². The van der Waals surface area contributed by atoms with Gasteiger partial charge in [0.15, 0.2) is 5.41 Å². The van der Waals surface area contributed by atoms with Gasteiger partial charge in [0, 0.05) is 6.42 Å². The van der Waals surface area contributed by atoms with E-state index in [4.69, 9.17) is 0 Å². The Morgan fingerprint density at radius 3 is 2.26 bits per heavy atom. The van der Waals surface area contributed by atoms with E-state index in [-0.39, 0.29) is 5.56 Å². The van der Waals surface area contributed by atoms with E-state index in [1.165, 1.54) is 6.07 Å². The molecule has 4 heteroatoms. The fourth-order valence-corrected chi connectivity index (χ4v) is 2.75. The van der Waals surface area contributed by atoms with Crippen molar-refractivity contribution < 1.29 is 18.7 Å². The molecule has 1 N–H and O–H groups in total. The number of benzene rings is 2. The first-order valence-electron chi connectivity index (χ1n) is 6.00. The molecule has 3 rings (SSSR count). The number of carboxylic acid groups (broad SMARTS) is 1. The number of hydrogen-bond acceptors (Lipinski definition) is 1. The van der Waals surface area contributed by atoms with Crippen molar-refractivity contribution in [2.24, 2.45) is 0 Å². The molecule has 2 aromatic rings. The number of fused-ring (bicyclic) bond motifs is 1. The second kappa shape index (κ2) is 3.53. The first kappa shape index (κ1) is 12.1. The quantitative estimate of drug-likeness (QED) is 0.899. The van der Waals surface area contributed by atoms with Gasteiger partial charge in [-0.3, -0.25) is 4.79 Å². The molecule has 0 radical (unpaired) electrons. The van der Waals surface area contributed by atoms with Crippen molar-refractivity contribution in [1.82, 2.24) is 0 Å². The summed E-state index contributed by atoms with van der Waals surface area (Å²) in [5, 5.41) is 10.7. The number of carboxylic acids is 1. The summed E-state index contributed by atoms with van der Waals surface area (Å²) in [7, 11) is 0. The van der Waals surface area contributed by atoms with Crippen LogP contribution >= 0.6 is 0 Å². The smallest absolute Gasteiger partial charge is 0.320 e. The summed E-state index contributed by atoms with van der Waals surface area (Å²) in [5.41, 5.74) is -0.893. The maximum Gasteiger partial charge on any atom is 0.320 e. The zero-order valence-corrected chi connectivity index (χ0v) is 10.3. The highest BCUT2D eigenvalue weighted by Crippen LogP contribution is 2.62. The molecule has 0 amide bonds. The molecular formula is C15H12F2O2. The van der Waals surface area contributed by atoms with E-state index in [2.05, 4.69) is 0 Å². The Bertz CT molecular complexity index is 694. The van der Waals surface area contributed by atoms with Crippen LogP contribution in [0.2, 0.25) is 0 Å². The van der Waals surface area contributed by atoms with Crippen LogP contribution in [0.5, 0.6) is 0 Å². The van der Waals surface area contributed by atoms with Crippen LogP contribution in [0.4, 0.5) is 8.78 Å². The summed E-state index contributed by atoms with van der Waals surface area (Å²) in [4.78, 5) is 11.3. The van der Waals surface area contributed by atoms with E-state index in [1.54, 1.807) is 18.2 Å². The lowest BCUT2D eigenvalue weighted by molar-refractivity contribution is -0.142. The molecule has 0 spiro atoms. The van der Waals surface area contributed by atoms with E-state index < -0.39 is 23.7 Å². The number of hydrogen-bond donors (Lipinski definition) is 1. The van der Waals surface area contributed by atoms with Crippen molar-refractivity contribution in [3.05, 3.63) is 47.5 Å². The lowest BCUT2D eigenvalue weighted by Gasteiger charge is -2.15. The average Bonchev–Trinajstić information content (AvgIpc) is 2.95. The third-order valence-electron chi connectivity index (χ3n) is 3.95. The van der Waals surface area contributed by atoms with Crippen LogP contribution in [-0.4, -0.2) is 17.0 Å². The molecule has 1 fully saturated rings. The van der Waals surface area contributed by atoms with Crippen LogP contribution in [0, 0.1) is 6.92 Å². The zero-order valence-electron chi connectivity index (χ0n) is 10.3. The number of rotatable bonds is 2. The van der Waals surface area contributed by atoms with Crippen LogP contribution in [0.3, 0.4) is 0 Å². The predicted octanol–water partition coefficient (Wildman–Crippen LogP) is 3.51. The van der Waals surface area contributed by atoms with Crippen molar-refractivity contribution in [2.75, 3.05) is 0 Å². The van der Waals surface area contributed by atoms with Gasteiger partial charge in [-0.15, -0.1) is 0 Å². The van der Waals surface area contributed by atoms with E-state index in [1.807, 2.05) is 19.1 Å². The normalized spacial score (nSPS) is 24.4. The molecule has 1 unspecified atom stereocenters. The topological polar surface area (TPSA) is 37.3 Å². The Morgan fingerprint density at radius 2 is 1.74 bits per heavy atom. The predicted molar refractivity (Wildman–Crippen MR) is 67.6 cm³/mol. The van der Waals surface area contributed by atoms with E-state index in [9.17, 15) is 18.7 Å². The zero-order chi connectivity index (χ0) is 13.8. The maximum atomic E-state index is 13.6. The van der Waals surface area contributed by atoms with Crippen LogP contribution in [0.25, 0.3) is 10.8 Å². The first-order chi connectivity index (χ1) is 8.90. The van der Waals surface area contributed by atoms with Crippen LogP contribution < -0.4 is 0 Å². The fourth-order valence-electron chi connectivity index (χ4n) is 2.75. The highest BCUT2D eigenvalue weighted by atomic mass is 19.3. The molecule has 1 aliphatic carbocycles. The summed E-state index contributed by atoms with van der Waals surface area (Å²) >= 11 is 0. The van der Waals surface area contributed by atoms with Crippen molar-refractivity contribution in [1.29, 1.82) is 0 Å². The third kappa shape index (κ3) is 1.43. The fraction of sp³-hybridized carbons (Fsp3) is 0.267. The Hall–Kier alpha value is -1.97. The molecule has 2 aromatic carbocycles. The maximum absolute atomic E-state index is 13.6. The van der Waals surface area contributed by atoms with Gasteiger partial charge >= 0.3 is 5.97 Å². The summed E-state index contributed by atoms with van der Waals surface area (Å²) in [6, 6.07) is 10.3. The molecule has 0 heterocycles. The molecule has 98 valence electrons. The monoisotopic (exact) mass is 262 g/mol. The van der Waals surface area contributed by atoms with Crippen molar-refractivity contribution >= 4 is 16.7 Å². The highest BCUT2D eigenvalue weighted by Gasteiger charge is 2.77. The van der Waals surface area contributed by atoms with Crippen molar-refractivity contribution in [2.45, 2.75) is 24.7 Å². The Morgan fingerprint density at radius 1 is 1.16 bits per heavy atom. The van der Waals surface area contributed by atoms with E-state index >= 15 is 0 Å². The van der Waals surface area contributed by atoms with Gasteiger partial charge in [0.05, 0.1) is 0 Å². The summed E-state index contributed by atoms with van der Waals surface area (Å²) in [5.74, 6) is -4.62. The van der Waals surface area contributed by atoms with Gasteiger partial charge in [0.2, 0.25) is 0 Å². The standard InChI is InChI=1S/C15H12F2O2/c1-9-6-7-12(11-5-3-2-4-10(9)11)14(13(18)19)8-15(14,16)17/h2-7H,8H2,1H3,(H,18,19). The lowest BCUT2D eigenvalue weighted by atomic mass is 9.89. The molecule has 2 nitrogen and oxygen atoms in total. The number of halogens is 2. The van der Waals surface area contributed by atoms with Crippen molar-refractivity contribution in [3.63, 3.8) is 0 Å². The van der Waals surface area contributed by atoms with Gasteiger partial charge in [-0.2, -0.15) is 0 Å². The van der Waals surface area contributed by atoms with Gasteiger partial charge in [-0.1, -0.05) is 36.4 Å². The number of aryl methyl sites for hydroxylation is 1. The van der Waals surface area contributed by atoms with Gasteiger partial charge in [-0.25, -0.2) is 8.78 Å². The first-order valence-corrected chi connectivity index (χ1v) is 6.00. The van der Waals surface area contributed by atoms with Crippen molar-refractivity contribution in [3.8, 4) is 0 Å². The van der Waals surface area contributed by atoms with Crippen LogP contribution in [0.1, 0.15) is 17.5 Å². The van der Waals surface area contributed by atoms with Gasteiger partial charge in [0.25, 0.3) is 5.92 Å². The van der Waals surface area contributed by atoms with Gasteiger partial charge in [0.1, 0.15) is 0 Å². The minimum absolute atomic E-state index is 0.214. The molecule has 0 aliphatic heterocycles. The Labute approximate surface area is 108 Å². The van der Waals surface area contributed by atoms with E-state index in [0.717, 1.165) is 10.9 Å². The Kier molecular flexibility index (Phi) is 2.24. The molecule has 1 saturated carbocycles. The molecule has 1 aliphatic rings. The second-order valence-electron chi connectivity index (χ2n) is 5.07. The average molecular weight is 262 g/mol. The SMILES string of the molecule is Cc1ccc(C2(C(=O)O)CC2(F)F)c2ccccc12. The summed E-state index contributed by atoms with van der Waals surface area (Å²) in [6.07, 6.45) is -0.623. The number of aliphatic carboxylic acids is 1. The number of carbonyl (C=O) groups is 1. The second-order valence-corrected chi connectivity index (χ2v) is 5.07. The molecule has 0 bridgehead atoms. The lowest BCUT2D eigenvalue weighted by Crippen LogP contribution is -2.27. The largest absolute Gasteiger partial charge is 0.480 e. The number of alkyl halides is 2. The van der Waals surface area contributed by atoms with E-state index in [0.29, 0.717) is 5.39 Å².